The second-order valence-electron chi connectivity index (χ2n) is 4.73. The number of carbonyl (C=O) groups excluding carboxylic acids is 1. The highest BCUT2D eigenvalue weighted by atomic mass is 127. The molecule has 0 spiro atoms. The number of amides is 1. The average molecular weight is 412 g/mol. The predicted molar refractivity (Wildman–Crippen MR) is 93.1 cm³/mol. The number of aryl methyl sites for hydroxylation is 1. The summed E-state index contributed by atoms with van der Waals surface area (Å²) in [5.74, 6) is -0.0443. The first kappa shape index (κ1) is 14.4. The maximum atomic E-state index is 12.2. The first-order valence-electron chi connectivity index (χ1n) is 6.29. The Kier molecular flexibility index (Phi) is 3.91. The highest BCUT2D eigenvalue weighted by Crippen LogP contribution is 2.26. The van der Waals surface area contributed by atoms with Crippen LogP contribution in [0.1, 0.15) is 16.1 Å². The first-order chi connectivity index (χ1) is 10.0. The molecule has 1 N–H and O–H groups in total. The van der Waals surface area contributed by atoms with Crippen molar-refractivity contribution in [1.82, 2.24) is 0 Å². The van der Waals surface area contributed by atoms with Gasteiger partial charge < -0.3 is 9.73 Å². The zero-order chi connectivity index (χ0) is 15.0. The molecule has 0 bridgehead atoms. The van der Waals surface area contributed by atoms with Crippen LogP contribution in [0.25, 0.3) is 11.0 Å². The number of benzene rings is 2. The molecule has 1 amide bonds. The van der Waals surface area contributed by atoms with Gasteiger partial charge in [-0.15, -0.1) is 0 Å². The topological polar surface area (TPSA) is 42.2 Å². The summed E-state index contributed by atoms with van der Waals surface area (Å²) >= 11 is 8.27. The molecule has 106 valence electrons. The van der Waals surface area contributed by atoms with E-state index >= 15 is 0 Å². The summed E-state index contributed by atoms with van der Waals surface area (Å²) < 4.78 is 6.57. The number of halogens is 2. The van der Waals surface area contributed by atoms with E-state index in [1.807, 2.05) is 31.2 Å². The Labute approximate surface area is 140 Å². The van der Waals surface area contributed by atoms with Crippen LogP contribution in [0.15, 0.2) is 46.9 Å². The number of fused-ring (bicyclic) bond motifs is 1. The molecular weight excluding hydrogens is 401 g/mol. The van der Waals surface area contributed by atoms with Gasteiger partial charge in [0, 0.05) is 8.96 Å². The lowest BCUT2D eigenvalue weighted by atomic mass is 10.2. The van der Waals surface area contributed by atoms with Gasteiger partial charge in [0.05, 0.1) is 10.7 Å². The highest BCUT2D eigenvalue weighted by Gasteiger charge is 2.14. The molecule has 5 heteroatoms. The molecular formula is C16H11ClINO2. The Bertz CT molecular complexity index is 841. The van der Waals surface area contributed by atoms with Crippen LogP contribution in [-0.2, 0) is 0 Å². The standard InChI is InChI=1S/C16H11ClINO2/c1-9-2-5-14-10(6-9)7-15(21-14)16(20)19-13-4-3-11(18)8-12(13)17/h2-8H,1H3,(H,19,20). The van der Waals surface area contributed by atoms with Crippen molar-refractivity contribution in [2.45, 2.75) is 6.92 Å². The molecule has 0 fully saturated rings. The Morgan fingerprint density at radius 2 is 2.00 bits per heavy atom. The van der Waals surface area contributed by atoms with Crippen molar-refractivity contribution < 1.29 is 9.21 Å². The van der Waals surface area contributed by atoms with Gasteiger partial charge in [-0.1, -0.05) is 23.2 Å². The lowest BCUT2D eigenvalue weighted by molar-refractivity contribution is 0.0998. The third kappa shape index (κ3) is 3.06. The molecule has 0 saturated heterocycles. The molecule has 1 aromatic heterocycles. The Balaban J connectivity index is 1.89. The van der Waals surface area contributed by atoms with Gasteiger partial charge in [0.25, 0.3) is 5.91 Å². The van der Waals surface area contributed by atoms with Gasteiger partial charge in [-0.05, 0) is 65.9 Å². The predicted octanol–water partition coefficient (Wildman–Crippen LogP) is 5.25. The van der Waals surface area contributed by atoms with Gasteiger partial charge in [0.1, 0.15) is 5.58 Å². The molecule has 0 radical (unpaired) electrons. The van der Waals surface area contributed by atoms with E-state index in [-0.39, 0.29) is 11.7 Å². The zero-order valence-electron chi connectivity index (χ0n) is 11.1. The number of nitrogens with one attached hydrogen (secondary N) is 1. The molecule has 0 aliphatic heterocycles. The van der Waals surface area contributed by atoms with E-state index < -0.39 is 0 Å². The SMILES string of the molecule is Cc1ccc2oc(C(=O)Nc3ccc(I)cc3Cl)cc2c1. The molecule has 3 aromatic rings. The largest absolute Gasteiger partial charge is 0.451 e. The van der Waals surface area contributed by atoms with Gasteiger partial charge in [-0.2, -0.15) is 0 Å². The summed E-state index contributed by atoms with van der Waals surface area (Å²) in [5, 5.41) is 4.17. The minimum absolute atomic E-state index is 0.269. The summed E-state index contributed by atoms with van der Waals surface area (Å²) in [6.45, 7) is 2.00. The lowest BCUT2D eigenvalue weighted by Gasteiger charge is -2.05. The van der Waals surface area contributed by atoms with Crippen LogP contribution in [0.2, 0.25) is 5.02 Å². The molecule has 0 atom stereocenters. The third-order valence-corrected chi connectivity index (χ3v) is 4.06. The van der Waals surface area contributed by atoms with E-state index in [1.54, 1.807) is 18.2 Å². The van der Waals surface area contributed by atoms with Crippen LogP contribution in [-0.4, -0.2) is 5.91 Å². The van der Waals surface area contributed by atoms with Crippen molar-refractivity contribution in [2.24, 2.45) is 0 Å². The van der Waals surface area contributed by atoms with Crippen LogP contribution in [0.4, 0.5) is 5.69 Å². The van der Waals surface area contributed by atoms with Crippen molar-refractivity contribution in [3.05, 3.63) is 62.4 Å². The van der Waals surface area contributed by atoms with E-state index in [0.29, 0.717) is 16.3 Å². The van der Waals surface area contributed by atoms with E-state index in [4.69, 9.17) is 16.0 Å². The molecule has 2 aromatic carbocycles. The summed E-state index contributed by atoms with van der Waals surface area (Å²) in [4.78, 5) is 12.2. The zero-order valence-corrected chi connectivity index (χ0v) is 14.0. The highest BCUT2D eigenvalue weighted by molar-refractivity contribution is 14.1. The monoisotopic (exact) mass is 411 g/mol. The Morgan fingerprint density at radius 3 is 2.76 bits per heavy atom. The molecule has 0 saturated carbocycles. The Morgan fingerprint density at radius 1 is 1.19 bits per heavy atom. The van der Waals surface area contributed by atoms with Gasteiger partial charge in [-0.25, -0.2) is 0 Å². The fraction of sp³-hybridized carbons (Fsp3) is 0.0625. The van der Waals surface area contributed by atoms with Crippen molar-refractivity contribution in [2.75, 3.05) is 5.32 Å². The minimum atomic E-state index is -0.313. The van der Waals surface area contributed by atoms with Gasteiger partial charge in [-0.3, -0.25) is 4.79 Å². The summed E-state index contributed by atoms with van der Waals surface area (Å²) in [7, 11) is 0. The van der Waals surface area contributed by atoms with E-state index in [9.17, 15) is 4.79 Å². The summed E-state index contributed by atoms with van der Waals surface area (Å²) in [6.07, 6.45) is 0. The first-order valence-corrected chi connectivity index (χ1v) is 7.75. The van der Waals surface area contributed by atoms with Crippen LogP contribution in [0.3, 0.4) is 0 Å². The van der Waals surface area contributed by atoms with Crippen LogP contribution >= 0.6 is 34.2 Å². The van der Waals surface area contributed by atoms with Crippen LogP contribution in [0.5, 0.6) is 0 Å². The molecule has 0 aliphatic carbocycles. The van der Waals surface area contributed by atoms with Gasteiger partial charge in [0.15, 0.2) is 5.76 Å². The number of carbonyl (C=O) groups is 1. The minimum Gasteiger partial charge on any atom is -0.451 e. The molecule has 21 heavy (non-hydrogen) atoms. The number of rotatable bonds is 2. The van der Waals surface area contributed by atoms with E-state index in [0.717, 1.165) is 14.5 Å². The number of hydrogen-bond donors (Lipinski definition) is 1. The molecule has 0 unspecified atom stereocenters. The summed E-state index contributed by atoms with van der Waals surface area (Å²) in [5.41, 5.74) is 2.38. The number of furan rings is 1. The maximum absolute atomic E-state index is 12.2. The summed E-state index contributed by atoms with van der Waals surface area (Å²) in [6, 6.07) is 13.0. The van der Waals surface area contributed by atoms with Crippen LogP contribution < -0.4 is 5.32 Å². The molecule has 0 aliphatic rings. The van der Waals surface area contributed by atoms with E-state index in [2.05, 4.69) is 27.9 Å². The van der Waals surface area contributed by atoms with Crippen molar-refractivity contribution >= 4 is 56.8 Å². The smallest absolute Gasteiger partial charge is 0.291 e. The fourth-order valence-corrected chi connectivity index (χ4v) is 2.95. The second-order valence-corrected chi connectivity index (χ2v) is 6.38. The lowest BCUT2D eigenvalue weighted by Crippen LogP contribution is -2.11. The second kappa shape index (κ2) is 5.69. The number of anilines is 1. The fourth-order valence-electron chi connectivity index (χ4n) is 2.05. The number of hydrogen-bond acceptors (Lipinski definition) is 2. The van der Waals surface area contributed by atoms with Crippen LogP contribution in [0, 0.1) is 10.5 Å². The molecule has 3 rings (SSSR count). The van der Waals surface area contributed by atoms with Gasteiger partial charge >= 0.3 is 0 Å². The Hall–Kier alpha value is -1.53. The van der Waals surface area contributed by atoms with E-state index in [1.165, 1.54) is 0 Å². The quantitative estimate of drug-likeness (QED) is 0.585. The van der Waals surface area contributed by atoms with Crippen molar-refractivity contribution in [3.63, 3.8) is 0 Å². The molecule has 1 heterocycles. The third-order valence-electron chi connectivity index (χ3n) is 3.07. The average Bonchev–Trinajstić information content (AvgIpc) is 2.85. The molecule has 3 nitrogen and oxygen atoms in total. The van der Waals surface area contributed by atoms with Crippen molar-refractivity contribution in [1.29, 1.82) is 0 Å². The van der Waals surface area contributed by atoms with Crippen molar-refractivity contribution in [3.8, 4) is 0 Å². The maximum Gasteiger partial charge on any atom is 0.291 e. The van der Waals surface area contributed by atoms with Gasteiger partial charge in [0.2, 0.25) is 0 Å². The normalized spacial score (nSPS) is 10.8.